The Bertz CT molecular complexity index is 346. The van der Waals surface area contributed by atoms with E-state index in [9.17, 15) is 0 Å². The summed E-state index contributed by atoms with van der Waals surface area (Å²) in [5.41, 5.74) is 1.34. The lowest BCUT2D eigenvalue weighted by Gasteiger charge is -2.23. The third kappa shape index (κ3) is 3.01. The number of rotatable bonds is 4. The second kappa shape index (κ2) is 5.54. The van der Waals surface area contributed by atoms with Gasteiger partial charge in [0.05, 0.1) is 7.11 Å². The fourth-order valence-corrected chi connectivity index (χ4v) is 2.70. The molecule has 0 heterocycles. The molecule has 3 atom stereocenters. The van der Waals surface area contributed by atoms with Crippen LogP contribution >= 0.6 is 0 Å². The lowest BCUT2D eigenvalue weighted by molar-refractivity contribution is 0.387. The van der Waals surface area contributed by atoms with Gasteiger partial charge >= 0.3 is 0 Å². The Labute approximate surface area is 104 Å². The molecule has 1 saturated carbocycles. The molecule has 1 fully saturated rings. The summed E-state index contributed by atoms with van der Waals surface area (Å²) in [5, 5.41) is 3.74. The monoisotopic (exact) mass is 233 g/mol. The smallest absolute Gasteiger partial charge is 0.118 e. The molecule has 0 saturated heterocycles. The third-order valence-electron chi connectivity index (χ3n) is 3.94. The van der Waals surface area contributed by atoms with Crippen LogP contribution in [0.2, 0.25) is 0 Å². The minimum Gasteiger partial charge on any atom is -0.497 e. The van der Waals surface area contributed by atoms with Gasteiger partial charge in [0, 0.05) is 12.1 Å². The van der Waals surface area contributed by atoms with E-state index < -0.39 is 0 Å². The van der Waals surface area contributed by atoms with Crippen molar-refractivity contribution in [3.05, 3.63) is 29.8 Å². The molecule has 1 N–H and O–H groups in total. The minimum atomic E-state index is 0.423. The van der Waals surface area contributed by atoms with Gasteiger partial charge in [0.25, 0.3) is 0 Å². The van der Waals surface area contributed by atoms with Crippen molar-refractivity contribution in [3.63, 3.8) is 0 Å². The Morgan fingerprint density at radius 1 is 1.24 bits per heavy atom. The standard InChI is InChI=1S/C15H23NO/c1-11-5-4-6-15(11)16-12(2)13-7-9-14(17-3)10-8-13/h7-12,15-16H,4-6H2,1-3H3. The quantitative estimate of drug-likeness (QED) is 0.859. The summed E-state index contributed by atoms with van der Waals surface area (Å²) in [4.78, 5) is 0. The number of nitrogens with one attached hydrogen (secondary N) is 1. The van der Waals surface area contributed by atoms with Crippen molar-refractivity contribution in [3.8, 4) is 5.75 Å². The SMILES string of the molecule is COc1ccc(C(C)NC2CCCC2C)cc1. The van der Waals surface area contributed by atoms with Crippen LogP contribution in [0.3, 0.4) is 0 Å². The Hall–Kier alpha value is -1.02. The van der Waals surface area contributed by atoms with Gasteiger partial charge in [-0.15, -0.1) is 0 Å². The third-order valence-corrected chi connectivity index (χ3v) is 3.94. The second-order valence-electron chi connectivity index (χ2n) is 5.18. The normalized spacial score (nSPS) is 25.8. The minimum absolute atomic E-state index is 0.423. The number of hydrogen-bond donors (Lipinski definition) is 1. The van der Waals surface area contributed by atoms with E-state index in [-0.39, 0.29) is 0 Å². The van der Waals surface area contributed by atoms with Crippen LogP contribution in [0.5, 0.6) is 5.75 Å². The van der Waals surface area contributed by atoms with Crippen LogP contribution in [0.1, 0.15) is 44.7 Å². The van der Waals surface area contributed by atoms with Crippen LogP contribution in [0.25, 0.3) is 0 Å². The van der Waals surface area contributed by atoms with Gasteiger partial charge < -0.3 is 10.1 Å². The number of hydrogen-bond acceptors (Lipinski definition) is 2. The molecule has 0 aliphatic heterocycles. The second-order valence-corrected chi connectivity index (χ2v) is 5.18. The predicted molar refractivity (Wildman–Crippen MR) is 71.3 cm³/mol. The highest BCUT2D eigenvalue weighted by Crippen LogP contribution is 2.27. The van der Waals surface area contributed by atoms with Gasteiger partial charge in [-0.3, -0.25) is 0 Å². The molecule has 1 aliphatic rings. The zero-order chi connectivity index (χ0) is 12.3. The highest BCUT2D eigenvalue weighted by atomic mass is 16.5. The molecule has 2 rings (SSSR count). The van der Waals surface area contributed by atoms with Gasteiger partial charge in [-0.1, -0.05) is 25.5 Å². The number of methoxy groups -OCH3 is 1. The molecule has 3 unspecified atom stereocenters. The van der Waals surface area contributed by atoms with Crippen LogP contribution in [0, 0.1) is 5.92 Å². The number of ether oxygens (including phenoxy) is 1. The Kier molecular flexibility index (Phi) is 4.06. The maximum Gasteiger partial charge on any atom is 0.118 e. The molecule has 0 spiro atoms. The summed E-state index contributed by atoms with van der Waals surface area (Å²) in [5.74, 6) is 1.74. The molecule has 17 heavy (non-hydrogen) atoms. The van der Waals surface area contributed by atoms with Gasteiger partial charge in [0.2, 0.25) is 0 Å². The van der Waals surface area contributed by atoms with Crippen molar-refractivity contribution < 1.29 is 4.74 Å². The molecule has 0 amide bonds. The molecule has 0 bridgehead atoms. The molecular weight excluding hydrogens is 210 g/mol. The van der Waals surface area contributed by atoms with Crippen LogP contribution in [-0.4, -0.2) is 13.2 Å². The van der Waals surface area contributed by atoms with E-state index in [2.05, 4.69) is 31.3 Å². The first-order valence-corrected chi connectivity index (χ1v) is 6.60. The highest BCUT2D eigenvalue weighted by Gasteiger charge is 2.24. The van der Waals surface area contributed by atoms with E-state index >= 15 is 0 Å². The van der Waals surface area contributed by atoms with Gasteiger partial charge in [-0.25, -0.2) is 0 Å². The summed E-state index contributed by atoms with van der Waals surface area (Å²) in [6.07, 6.45) is 4.06. The van der Waals surface area contributed by atoms with E-state index in [1.54, 1.807) is 7.11 Å². The predicted octanol–water partition coefficient (Wildman–Crippen LogP) is 3.53. The zero-order valence-corrected chi connectivity index (χ0v) is 11.1. The molecule has 1 aliphatic carbocycles. The van der Waals surface area contributed by atoms with E-state index in [1.807, 2.05) is 12.1 Å². The molecular formula is C15H23NO. The fourth-order valence-electron chi connectivity index (χ4n) is 2.70. The summed E-state index contributed by atoms with van der Waals surface area (Å²) in [7, 11) is 1.71. The first-order chi connectivity index (χ1) is 8.20. The van der Waals surface area contributed by atoms with Crippen molar-refractivity contribution in [1.29, 1.82) is 0 Å². The Morgan fingerprint density at radius 2 is 1.94 bits per heavy atom. The zero-order valence-electron chi connectivity index (χ0n) is 11.1. The molecule has 2 nitrogen and oxygen atoms in total. The maximum absolute atomic E-state index is 5.18. The largest absolute Gasteiger partial charge is 0.497 e. The summed E-state index contributed by atoms with van der Waals surface area (Å²) < 4.78 is 5.18. The van der Waals surface area contributed by atoms with Crippen molar-refractivity contribution in [2.75, 3.05) is 7.11 Å². The van der Waals surface area contributed by atoms with Crippen molar-refractivity contribution in [1.82, 2.24) is 5.32 Å². The van der Waals surface area contributed by atoms with E-state index in [0.29, 0.717) is 12.1 Å². The topological polar surface area (TPSA) is 21.3 Å². The van der Waals surface area contributed by atoms with Gasteiger partial charge in [-0.05, 0) is 43.4 Å². The van der Waals surface area contributed by atoms with Gasteiger partial charge in [-0.2, -0.15) is 0 Å². The molecule has 1 aromatic rings. The van der Waals surface area contributed by atoms with Crippen LogP contribution in [0.4, 0.5) is 0 Å². The molecule has 0 aromatic heterocycles. The lowest BCUT2D eigenvalue weighted by Crippen LogP contribution is -2.33. The first kappa shape index (κ1) is 12.4. The van der Waals surface area contributed by atoms with Crippen LogP contribution in [0.15, 0.2) is 24.3 Å². The van der Waals surface area contributed by atoms with Gasteiger partial charge in [0.15, 0.2) is 0 Å². The molecule has 0 radical (unpaired) electrons. The lowest BCUT2D eigenvalue weighted by atomic mass is 10.0. The Balaban J connectivity index is 1.96. The molecule has 1 aromatic carbocycles. The van der Waals surface area contributed by atoms with E-state index in [4.69, 9.17) is 4.74 Å². The number of benzene rings is 1. The average molecular weight is 233 g/mol. The van der Waals surface area contributed by atoms with Crippen LogP contribution in [-0.2, 0) is 0 Å². The van der Waals surface area contributed by atoms with Gasteiger partial charge in [0.1, 0.15) is 5.75 Å². The van der Waals surface area contributed by atoms with E-state index in [0.717, 1.165) is 11.7 Å². The summed E-state index contributed by atoms with van der Waals surface area (Å²) in [6.45, 7) is 4.60. The Morgan fingerprint density at radius 3 is 2.47 bits per heavy atom. The summed E-state index contributed by atoms with van der Waals surface area (Å²) >= 11 is 0. The van der Waals surface area contributed by atoms with Crippen LogP contribution < -0.4 is 10.1 Å². The molecule has 2 heteroatoms. The maximum atomic E-state index is 5.18. The van der Waals surface area contributed by atoms with Crippen molar-refractivity contribution >= 4 is 0 Å². The molecule has 94 valence electrons. The average Bonchev–Trinajstić information content (AvgIpc) is 2.75. The fraction of sp³-hybridized carbons (Fsp3) is 0.600. The first-order valence-electron chi connectivity index (χ1n) is 6.60. The summed E-state index contributed by atoms with van der Waals surface area (Å²) in [6, 6.07) is 9.47. The van der Waals surface area contributed by atoms with E-state index in [1.165, 1.54) is 24.8 Å². The van der Waals surface area contributed by atoms with Crippen molar-refractivity contribution in [2.45, 2.75) is 45.2 Å². The van der Waals surface area contributed by atoms with Crippen molar-refractivity contribution in [2.24, 2.45) is 5.92 Å². The highest BCUT2D eigenvalue weighted by molar-refractivity contribution is 5.28.